The van der Waals surface area contributed by atoms with Gasteiger partial charge in [-0.2, -0.15) is 0 Å². The molecule has 0 saturated carbocycles. The Labute approximate surface area is 188 Å². The topological polar surface area (TPSA) is 135 Å². The smallest absolute Gasteiger partial charge is 0.306 e. The molecule has 1 saturated heterocycles. The molecule has 10 nitrogen and oxygen atoms in total. The molecule has 5 atom stereocenters. The Morgan fingerprint density at radius 1 is 0.656 bits per heavy atom. The van der Waals surface area contributed by atoms with Crippen molar-refractivity contribution < 1.29 is 48.0 Å². The van der Waals surface area contributed by atoms with Crippen molar-refractivity contribution in [1.82, 2.24) is 0 Å². The van der Waals surface area contributed by atoms with Crippen molar-refractivity contribution >= 4 is 23.9 Å². The summed E-state index contributed by atoms with van der Waals surface area (Å²) in [6.07, 6.45) is -4.23. The molecule has 1 heterocycles. The molecule has 184 valence electrons. The standard InChI is InChI=1S/C22H36O10/c1-5-9-15(23)28-13-14-19(30-16(24)10-6-2)20(31-17(25)11-7-3)21(22(27)29-14)32-18(26)12-8-4/h14,19-22,27H,5-13H2,1-4H3/t14-,19-,20+,21+,22-/m1/s1. The molecule has 0 spiro atoms. The average Bonchev–Trinajstić information content (AvgIpc) is 2.72. The zero-order valence-corrected chi connectivity index (χ0v) is 19.4. The maximum atomic E-state index is 12.3. The first-order valence-electron chi connectivity index (χ1n) is 11.3. The van der Waals surface area contributed by atoms with Gasteiger partial charge < -0.3 is 28.8 Å². The molecule has 1 aliphatic heterocycles. The van der Waals surface area contributed by atoms with E-state index in [1.54, 1.807) is 20.8 Å². The Morgan fingerprint density at radius 3 is 1.53 bits per heavy atom. The van der Waals surface area contributed by atoms with E-state index in [0.29, 0.717) is 25.7 Å². The van der Waals surface area contributed by atoms with Crippen molar-refractivity contribution in [3.05, 3.63) is 0 Å². The van der Waals surface area contributed by atoms with Crippen LogP contribution in [-0.2, 0) is 42.9 Å². The van der Waals surface area contributed by atoms with E-state index in [-0.39, 0.29) is 32.3 Å². The second-order valence-corrected chi connectivity index (χ2v) is 7.61. The highest BCUT2D eigenvalue weighted by atomic mass is 16.7. The van der Waals surface area contributed by atoms with Gasteiger partial charge in [0, 0.05) is 25.7 Å². The van der Waals surface area contributed by atoms with Gasteiger partial charge in [-0.1, -0.05) is 27.7 Å². The quantitative estimate of drug-likeness (QED) is 0.322. The molecule has 1 aliphatic rings. The van der Waals surface area contributed by atoms with Crippen LogP contribution in [0.3, 0.4) is 0 Å². The minimum absolute atomic E-state index is 0.0782. The predicted octanol–water partition coefficient (Wildman–Crippen LogP) is 2.18. The van der Waals surface area contributed by atoms with Crippen LogP contribution in [0.25, 0.3) is 0 Å². The van der Waals surface area contributed by atoms with Gasteiger partial charge in [-0.25, -0.2) is 0 Å². The van der Waals surface area contributed by atoms with Crippen LogP contribution in [0, 0.1) is 0 Å². The van der Waals surface area contributed by atoms with Crippen molar-refractivity contribution in [1.29, 1.82) is 0 Å². The molecular weight excluding hydrogens is 424 g/mol. The zero-order chi connectivity index (χ0) is 24.1. The predicted molar refractivity (Wildman–Crippen MR) is 111 cm³/mol. The number of esters is 4. The molecule has 0 unspecified atom stereocenters. The molecule has 1 rings (SSSR count). The second-order valence-electron chi connectivity index (χ2n) is 7.61. The maximum Gasteiger partial charge on any atom is 0.306 e. The minimum Gasteiger partial charge on any atom is -0.463 e. The van der Waals surface area contributed by atoms with Crippen LogP contribution >= 0.6 is 0 Å². The van der Waals surface area contributed by atoms with Gasteiger partial charge in [-0.15, -0.1) is 0 Å². The van der Waals surface area contributed by atoms with Crippen LogP contribution in [-0.4, -0.2) is 66.3 Å². The largest absolute Gasteiger partial charge is 0.463 e. The van der Waals surface area contributed by atoms with E-state index < -0.39 is 54.6 Å². The molecule has 0 aromatic carbocycles. The van der Waals surface area contributed by atoms with Gasteiger partial charge in [0.15, 0.2) is 24.6 Å². The molecule has 0 aromatic heterocycles. The Bertz CT molecular complexity index is 620. The number of ether oxygens (including phenoxy) is 5. The number of aliphatic hydroxyl groups excluding tert-OH is 1. The molecule has 0 aromatic rings. The van der Waals surface area contributed by atoms with E-state index in [0.717, 1.165) is 0 Å². The maximum absolute atomic E-state index is 12.3. The van der Waals surface area contributed by atoms with Crippen molar-refractivity contribution in [3.8, 4) is 0 Å². The number of carbonyl (C=O) groups excluding carboxylic acids is 4. The summed E-state index contributed by atoms with van der Waals surface area (Å²) < 4.78 is 27.0. The lowest BCUT2D eigenvalue weighted by Crippen LogP contribution is -2.62. The SMILES string of the molecule is CCCC(=O)OC[C@H]1O[C@@H](O)[C@@H](OC(=O)CCC)[C@@H](OC(=O)CCC)[C@@H]1OC(=O)CCC. The fraction of sp³-hybridized carbons (Fsp3) is 0.818. The normalized spacial score (nSPS) is 25.0. The lowest BCUT2D eigenvalue weighted by atomic mass is 9.98. The summed E-state index contributed by atoms with van der Waals surface area (Å²) in [5.74, 6) is -2.30. The van der Waals surface area contributed by atoms with Gasteiger partial charge >= 0.3 is 23.9 Å². The van der Waals surface area contributed by atoms with Crippen molar-refractivity contribution in [2.24, 2.45) is 0 Å². The number of hydrogen-bond acceptors (Lipinski definition) is 10. The molecule has 10 heteroatoms. The van der Waals surface area contributed by atoms with Gasteiger partial charge in [-0.3, -0.25) is 19.2 Å². The molecule has 0 radical (unpaired) electrons. The fourth-order valence-electron chi connectivity index (χ4n) is 3.13. The second kappa shape index (κ2) is 14.8. The molecule has 0 bridgehead atoms. The van der Waals surface area contributed by atoms with Gasteiger partial charge in [0.05, 0.1) is 0 Å². The molecule has 32 heavy (non-hydrogen) atoms. The number of carbonyl (C=O) groups is 4. The Morgan fingerprint density at radius 2 is 1.06 bits per heavy atom. The van der Waals surface area contributed by atoms with E-state index in [9.17, 15) is 24.3 Å². The van der Waals surface area contributed by atoms with E-state index in [1.165, 1.54) is 0 Å². The van der Waals surface area contributed by atoms with Crippen molar-refractivity contribution in [2.75, 3.05) is 6.61 Å². The van der Waals surface area contributed by atoms with Gasteiger partial charge in [0.2, 0.25) is 0 Å². The summed E-state index contributed by atoms with van der Waals surface area (Å²) in [6.45, 7) is 6.84. The number of aliphatic hydroxyl groups is 1. The summed E-state index contributed by atoms with van der Waals surface area (Å²) in [5, 5.41) is 10.5. The number of hydrogen-bond donors (Lipinski definition) is 1. The third-order valence-electron chi connectivity index (χ3n) is 4.64. The van der Waals surface area contributed by atoms with Crippen molar-refractivity contribution in [3.63, 3.8) is 0 Å². The van der Waals surface area contributed by atoms with E-state index in [4.69, 9.17) is 23.7 Å². The summed E-state index contributed by atoms with van der Waals surface area (Å²) in [7, 11) is 0. The summed E-state index contributed by atoms with van der Waals surface area (Å²) in [5.41, 5.74) is 0. The fourth-order valence-corrected chi connectivity index (χ4v) is 3.13. The van der Waals surface area contributed by atoms with Crippen LogP contribution in [0.15, 0.2) is 0 Å². The third-order valence-corrected chi connectivity index (χ3v) is 4.64. The zero-order valence-electron chi connectivity index (χ0n) is 19.4. The monoisotopic (exact) mass is 460 g/mol. The summed E-state index contributed by atoms with van der Waals surface area (Å²) >= 11 is 0. The molecule has 1 N–H and O–H groups in total. The molecular formula is C22H36O10. The highest BCUT2D eigenvalue weighted by molar-refractivity contribution is 5.72. The number of rotatable bonds is 13. The molecule has 1 fully saturated rings. The van der Waals surface area contributed by atoms with Crippen LogP contribution in [0.4, 0.5) is 0 Å². The summed E-state index contributed by atoms with van der Waals surface area (Å²) in [6, 6.07) is 0. The van der Waals surface area contributed by atoms with Crippen LogP contribution in [0.1, 0.15) is 79.1 Å². The average molecular weight is 461 g/mol. The van der Waals surface area contributed by atoms with E-state index in [2.05, 4.69) is 0 Å². The van der Waals surface area contributed by atoms with Gasteiger partial charge in [-0.05, 0) is 25.7 Å². The Hall–Kier alpha value is -2.20. The van der Waals surface area contributed by atoms with Crippen LogP contribution < -0.4 is 0 Å². The van der Waals surface area contributed by atoms with Gasteiger partial charge in [0.25, 0.3) is 0 Å². The highest BCUT2D eigenvalue weighted by Gasteiger charge is 2.52. The first-order valence-corrected chi connectivity index (χ1v) is 11.3. The van der Waals surface area contributed by atoms with Gasteiger partial charge in [0.1, 0.15) is 12.7 Å². The minimum atomic E-state index is -1.67. The van der Waals surface area contributed by atoms with Crippen LogP contribution in [0.2, 0.25) is 0 Å². The Balaban J connectivity index is 3.19. The lowest BCUT2D eigenvalue weighted by Gasteiger charge is -2.42. The lowest BCUT2D eigenvalue weighted by molar-refractivity contribution is -0.297. The molecule has 0 aliphatic carbocycles. The van der Waals surface area contributed by atoms with E-state index >= 15 is 0 Å². The summed E-state index contributed by atoms with van der Waals surface area (Å²) in [4.78, 5) is 48.5. The third kappa shape index (κ3) is 9.12. The van der Waals surface area contributed by atoms with E-state index in [1.807, 2.05) is 6.92 Å². The highest BCUT2D eigenvalue weighted by Crippen LogP contribution is 2.29. The Kier molecular flexibility index (Phi) is 12.9. The first-order chi connectivity index (χ1) is 15.3. The first kappa shape index (κ1) is 27.8. The molecule has 0 amide bonds. The van der Waals surface area contributed by atoms with Crippen LogP contribution in [0.5, 0.6) is 0 Å². The van der Waals surface area contributed by atoms with Crippen molar-refractivity contribution in [2.45, 2.75) is 110 Å².